The molecule has 0 saturated heterocycles. The molecule has 1 heterocycles. The molecule has 0 aromatic heterocycles. The number of nitrogens with zero attached hydrogens (tertiary/aromatic N) is 2. The summed E-state index contributed by atoms with van der Waals surface area (Å²) in [4.78, 5) is 3.43. The van der Waals surface area contributed by atoms with E-state index in [0.717, 1.165) is 37.1 Å². The summed E-state index contributed by atoms with van der Waals surface area (Å²) in [6, 6.07) is 8.30. The van der Waals surface area contributed by atoms with Crippen LogP contribution < -0.4 is 9.62 Å². The average molecular weight is 410 g/mol. The van der Waals surface area contributed by atoms with Crippen LogP contribution in [-0.4, -0.2) is 47.6 Å². The Kier molecular flexibility index (Phi) is 6.02. The van der Waals surface area contributed by atoms with Crippen molar-refractivity contribution in [1.29, 1.82) is 0 Å². The van der Waals surface area contributed by atoms with Gasteiger partial charge in [0.05, 0.1) is 0 Å². The molecule has 0 bridgehead atoms. The zero-order chi connectivity index (χ0) is 20.5. The van der Waals surface area contributed by atoms with Crippen LogP contribution >= 0.6 is 0 Å². The van der Waals surface area contributed by atoms with Crippen LogP contribution in [0.15, 0.2) is 41.3 Å². The number of likely N-dealkylation sites (N-methyl/N-ethyl adjacent to an activating group) is 1. The summed E-state index contributed by atoms with van der Waals surface area (Å²) in [5, 5.41) is 0. The van der Waals surface area contributed by atoms with Crippen LogP contribution in [-0.2, 0) is 16.4 Å². The predicted octanol–water partition coefficient (Wildman–Crippen LogP) is 2.93. The molecule has 0 fully saturated rings. The summed E-state index contributed by atoms with van der Waals surface area (Å²) in [5.41, 5.74) is 3.40. The van der Waals surface area contributed by atoms with Crippen molar-refractivity contribution >= 4 is 15.7 Å². The predicted molar refractivity (Wildman–Crippen MR) is 106 cm³/mol. The lowest BCUT2D eigenvalue weighted by atomic mass is 9.96. The maximum absolute atomic E-state index is 13.9. The van der Waals surface area contributed by atoms with E-state index in [1.165, 1.54) is 11.3 Å². The van der Waals surface area contributed by atoms with Crippen molar-refractivity contribution in [2.75, 3.05) is 39.1 Å². The molecule has 0 saturated carbocycles. The normalized spacial score (nSPS) is 15.6. The van der Waals surface area contributed by atoms with Crippen LogP contribution in [0, 0.1) is 11.6 Å². The van der Waals surface area contributed by atoms with Crippen LogP contribution in [0.25, 0.3) is 0 Å². The number of rotatable bonds is 6. The number of aryl methyl sites for hydroxylation is 1. The number of benzene rings is 2. The molecular weight excluding hydrogens is 384 g/mol. The van der Waals surface area contributed by atoms with Crippen molar-refractivity contribution in [3.05, 3.63) is 59.2 Å². The Balaban J connectivity index is 1.83. The lowest BCUT2D eigenvalue weighted by molar-refractivity contribution is 0.299. The van der Waals surface area contributed by atoms with Gasteiger partial charge < -0.3 is 9.80 Å². The summed E-state index contributed by atoms with van der Waals surface area (Å²) < 4.78 is 54.7. The van der Waals surface area contributed by atoms with Gasteiger partial charge in [0.15, 0.2) is 0 Å². The van der Waals surface area contributed by atoms with Gasteiger partial charge in [0, 0.05) is 31.9 Å². The second-order valence-corrected chi connectivity index (χ2v) is 9.05. The molecule has 5 nitrogen and oxygen atoms in total. The molecule has 1 atom stereocenters. The van der Waals surface area contributed by atoms with E-state index < -0.39 is 26.6 Å². The average Bonchev–Trinajstić information content (AvgIpc) is 2.63. The Morgan fingerprint density at radius 3 is 2.64 bits per heavy atom. The molecule has 8 heteroatoms. The molecule has 1 unspecified atom stereocenters. The second kappa shape index (κ2) is 8.14. The minimum absolute atomic E-state index is 0.0416. The van der Waals surface area contributed by atoms with Crippen LogP contribution in [0.5, 0.6) is 0 Å². The molecule has 1 N–H and O–H groups in total. The van der Waals surface area contributed by atoms with Crippen molar-refractivity contribution in [3.8, 4) is 0 Å². The third kappa shape index (κ3) is 4.34. The van der Waals surface area contributed by atoms with Crippen LogP contribution in [0.2, 0.25) is 0 Å². The van der Waals surface area contributed by atoms with E-state index in [-0.39, 0.29) is 12.6 Å². The van der Waals surface area contributed by atoms with E-state index in [2.05, 4.69) is 28.8 Å². The smallest absolute Gasteiger partial charge is 0.243 e. The van der Waals surface area contributed by atoms with Gasteiger partial charge in [0.1, 0.15) is 16.5 Å². The molecule has 0 radical (unpaired) electrons. The summed E-state index contributed by atoms with van der Waals surface area (Å²) in [7, 11) is 1.59. The molecule has 1 aliphatic heterocycles. The Morgan fingerprint density at radius 1 is 1.18 bits per heavy atom. The molecule has 0 aliphatic carbocycles. The first-order valence-electron chi connectivity index (χ1n) is 9.14. The Morgan fingerprint density at radius 2 is 1.93 bits per heavy atom. The van der Waals surface area contributed by atoms with Gasteiger partial charge in [-0.05, 0) is 62.3 Å². The highest BCUT2D eigenvalue weighted by Gasteiger charge is 2.24. The zero-order valence-corrected chi connectivity index (χ0v) is 17.1. The lowest BCUT2D eigenvalue weighted by Gasteiger charge is -2.30. The number of hydrogen-bond acceptors (Lipinski definition) is 4. The van der Waals surface area contributed by atoms with Crippen molar-refractivity contribution < 1.29 is 17.2 Å². The zero-order valence-electron chi connectivity index (χ0n) is 16.2. The van der Waals surface area contributed by atoms with Crippen molar-refractivity contribution in [2.45, 2.75) is 23.8 Å². The molecular formula is C20H25F2N3O2S. The van der Waals surface area contributed by atoms with Crippen LogP contribution in [0.3, 0.4) is 0 Å². The topological polar surface area (TPSA) is 52.7 Å². The largest absolute Gasteiger partial charge is 0.374 e. The van der Waals surface area contributed by atoms with E-state index in [0.29, 0.717) is 6.07 Å². The van der Waals surface area contributed by atoms with Gasteiger partial charge in [0.2, 0.25) is 10.0 Å². The molecule has 152 valence electrons. The van der Waals surface area contributed by atoms with Gasteiger partial charge in [-0.1, -0.05) is 12.1 Å². The highest BCUT2D eigenvalue weighted by Crippen LogP contribution is 2.30. The SMILES string of the molecule is CN1CCCc2cc(C(CNS(=O)(=O)c3cc(F)ccc3F)N(C)C)ccc21. The van der Waals surface area contributed by atoms with E-state index in [4.69, 9.17) is 0 Å². The van der Waals surface area contributed by atoms with Gasteiger partial charge in [-0.2, -0.15) is 0 Å². The summed E-state index contributed by atoms with van der Waals surface area (Å²) in [6.45, 7) is 1.06. The highest BCUT2D eigenvalue weighted by molar-refractivity contribution is 7.89. The number of fused-ring (bicyclic) bond motifs is 1. The summed E-state index contributed by atoms with van der Waals surface area (Å²) in [6.07, 6.45) is 2.05. The van der Waals surface area contributed by atoms with E-state index in [1.807, 2.05) is 25.1 Å². The number of sulfonamides is 1. The van der Waals surface area contributed by atoms with E-state index >= 15 is 0 Å². The fourth-order valence-corrected chi connectivity index (χ4v) is 4.69. The van der Waals surface area contributed by atoms with Crippen molar-refractivity contribution in [1.82, 2.24) is 9.62 Å². The van der Waals surface area contributed by atoms with Gasteiger partial charge in [-0.15, -0.1) is 0 Å². The van der Waals surface area contributed by atoms with Crippen LogP contribution in [0.1, 0.15) is 23.6 Å². The summed E-state index contributed by atoms with van der Waals surface area (Å²) >= 11 is 0. The Bertz CT molecular complexity index is 964. The fraction of sp³-hybridized carbons (Fsp3) is 0.400. The van der Waals surface area contributed by atoms with Crippen molar-refractivity contribution in [2.24, 2.45) is 0 Å². The van der Waals surface area contributed by atoms with Gasteiger partial charge in [-0.25, -0.2) is 21.9 Å². The first kappa shape index (κ1) is 20.7. The molecule has 2 aromatic carbocycles. The maximum atomic E-state index is 13.9. The maximum Gasteiger partial charge on any atom is 0.243 e. The number of hydrogen-bond donors (Lipinski definition) is 1. The molecule has 28 heavy (non-hydrogen) atoms. The minimum atomic E-state index is -4.18. The van der Waals surface area contributed by atoms with Gasteiger partial charge >= 0.3 is 0 Å². The van der Waals surface area contributed by atoms with Crippen molar-refractivity contribution in [3.63, 3.8) is 0 Å². The van der Waals surface area contributed by atoms with E-state index in [1.54, 1.807) is 0 Å². The van der Waals surface area contributed by atoms with E-state index in [9.17, 15) is 17.2 Å². The molecule has 2 aromatic rings. The third-order valence-electron chi connectivity index (χ3n) is 5.11. The molecule has 0 amide bonds. The minimum Gasteiger partial charge on any atom is -0.374 e. The first-order chi connectivity index (χ1) is 13.2. The van der Waals surface area contributed by atoms with Crippen LogP contribution in [0.4, 0.5) is 14.5 Å². The molecule has 1 aliphatic rings. The number of halogens is 2. The number of anilines is 1. The number of nitrogens with one attached hydrogen (secondary N) is 1. The third-order valence-corrected chi connectivity index (χ3v) is 6.55. The molecule has 3 rings (SSSR count). The van der Waals surface area contributed by atoms with Gasteiger partial charge in [0.25, 0.3) is 0 Å². The Hall–Kier alpha value is -2.03. The summed E-state index contributed by atoms with van der Waals surface area (Å²) in [5.74, 6) is -1.78. The quantitative estimate of drug-likeness (QED) is 0.797. The Labute approximate surface area is 165 Å². The highest BCUT2D eigenvalue weighted by atomic mass is 32.2. The monoisotopic (exact) mass is 409 g/mol. The lowest BCUT2D eigenvalue weighted by Crippen LogP contribution is -2.35. The second-order valence-electron chi connectivity index (χ2n) is 7.32. The fourth-order valence-electron chi connectivity index (χ4n) is 3.56. The first-order valence-corrected chi connectivity index (χ1v) is 10.6. The standard InChI is InChI=1S/C20H25F2N3O2S/c1-24(2)19(15-6-9-18-14(11-15)5-4-10-25(18)3)13-23-28(26,27)20-12-16(21)7-8-17(20)22/h6-9,11-12,19,23H,4-5,10,13H2,1-3H3. The molecule has 0 spiro atoms. The van der Waals surface area contributed by atoms with Gasteiger partial charge in [-0.3, -0.25) is 0 Å².